The van der Waals surface area contributed by atoms with Crippen LogP contribution >= 0.6 is 12.4 Å². The molecule has 0 bridgehead atoms. The second kappa shape index (κ2) is 20.1. The van der Waals surface area contributed by atoms with Crippen molar-refractivity contribution < 1.29 is 4.70 Å². The summed E-state index contributed by atoms with van der Waals surface area (Å²) < 4.78 is 0. The molecule has 0 spiro atoms. The van der Waals surface area contributed by atoms with Crippen molar-refractivity contribution in [2.45, 2.75) is 0 Å². The van der Waals surface area contributed by atoms with E-state index in [4.69, 9.17) is 0 Å². The van der Waals surface area contributed by atoms with Crippen LogP contribution in [-0.2, 0) is 0 Å². The Hall–Kier alpha value is 1.99. The summed E-state index contributed by atoms with van der Waals surface area (Å²) in [4.78, 5) is 0. The first-order chi connectivity index (χ1) is 0. The van der Waals surface area contributed by atoms with Crippen LogP contribution in [-0.4, -0.2) is 52.6 Å². The normalized spacial score (nSPS) is 0. The van der Waals surface area contributed by atoms with Crippen molar-refractivity contribution >= 4 is 65.0 Å². The molecule has 0 unspecified atom stereocenters. The van der Waals surface area contributed by atoms with Crippen LogP contribution in [0, 0.1) is 0 Å². The van der Waals surface area contributed by atoms with E-state index in [-0.39, 0.29) is 69.7 Å². The molecule has 0 aliphatic rings. The maximum absolute atomic E-state index is 0. The van der Waals surface area contributed by atoms with Gasteiger partial charge in [0.2, 0.25) is 0 Å². The molecule has 0 rings (SSSR count). The Bertz CT molecular complexity index is 8.00. The molecule has 4 heteroatoms. The summed E-state index contributed by atoms with van der Waals surface area (Å²) in [6.07, 6.45) is 0. The molecular formula is H5ClFMgNa. The fourth-order valence-corrected chi connectivity index (χ4v) is 0. The molecule has 22 valence electrons. The third kappa shape index (κ3) is 9.01. The Labute approximate surface area is 68.9 Å². The Morgan fingerprint density at radius 3 is 1.00 bits per heavy atom. The fourth-order valence-electron chi connectivity index (χ4n) is 0. The molecule has 0 heterocycles. The summed E-state index contributed by atoms with van der Waals surface area (Å²) in [7, 11) is 0. The SMILES string of the molecule is Cl.F.[MgH2].[NaH]. The van der Waals surface area contributed by atoms with E-state index in [1.54, 1.807) is 0 Å². The molecule has 0 saturated carbocycles. The van der Waals surface area contributed by atoms with Gasteiger partial charge in [0.05, 0.1) is 0 Å². The predicted molar refractivity (Wildman–Crippen MR) is 25.4 cm³/mol. The van der Waals surface area contributed by atoms with Crippen molar-refractivity contribution in [2.24, 2.45) is 0 Å². The Morgan fingerprint density at radius 2 is 1.00 bits per heavy atom. The van der Waals surface area contributed by atoms with Gasteiger partial charge in [-0.2, -0.15) is 0 Å². The van der Waals surface area contributed by atoms with Crippen molar-refractivity contribution in [3.05, 3.63) is 0 Å². The zero-order chi connectivity index (χ0) is 0. The van der Waals surface area contributed by atoms with Gasteiger partial charge in [-0.1, -0.05) is 0 Å². The average Bonchev–Trinajstić information content (AvgIpc) is 0. The van der Waals surface area contributed by atoms with Gasteiger partial charge in [-0.15, -0.1) is 12.4 Å². The molecule has 0 aromatic carbocycles. The van der Waals surface area contributed by atoms with Crippen molar-refractivity contribution in [1.29, 1.82) is 0 Å². The predicted octanol–water partition coefficient (Wildman–Crippen LogP) is -0.990. The monoisotopic (exact) mass is 106 g/mol. The Kier molecular flexibility index (Phi) is 189. The van der Waals surface area contributed by atoms with Crippen molar-refractivity contribution in [1.82, 2.24) is 0 Å². The molecule has 0 nitrogen and oxygen atoms in total. The zero-order valence-electron chi connectivity index (χ0n) is 0.816. The number of hydrogen-bond acceptors (Lipinski definition) is 0. The average molecular weight is 107 g/mol. The molecule has 0 N–H and O–H groups in total. The van der Waals surface area contributed by atoms with E-state index in [1.165, 1.54) is 0 Å². The Morgan fingerprint density at radius 1 is 1.00 bits per heavy atom. The minimum absolute atomic E-state index is 0. The van der Waals surface area contributed by atoms with Crippen LogP contribution in [0.3, 0.4) is 0 Å². The molecule has 0 aliphatic carbocycles. The van der Waals surface area contributed by atoms with Crippen LogP contribution < -0.4 is 0 Å². The third-order valence-electron chi connectivity index (χ3n) is 0. The fraction of sp³-hybridized carbons (Fsp3) is 0. The number of hydrogen-bond donors (Lipinski definition) is 0. The molecule has 0 atom stereocenters. The molecule has 0 aromatic heterocycles. The molecule has 0 fully saturated rings. The van der Waals surface area contributed by atoms with Gasteiger partial charge in [-0.25, -0.2) is 0 Å². The molecule has 0 radical (unpaired) electrons. The molecule has 0 amide bonds. The van der Waals surface area contributed by atoms with Gasteiger partial charge in [0.25, 0.3) is 0 Å². The van der Waals surface area contributed by atoms with E-state index in [0.29, 0.717) is 0 Å². The second-order valence-corrected chi connectivity index (χ2v) is 0. The molecular weight excluding hydrogens is 102 g/mol. The first kappa shape index (κ1) is 37.7. The molecule has 0 aromatic rings. The van der Waals surface area contributed by atoms with Crippen molar-refractivity contribution in [3.63, 3.8) is 0 Å². The molecule has 4 heavy (non-hydrogen) atoms. The van der Waals surface area contributed by atoms with Crippen molar-refractivity contribution in [2.75, 3.05) is 0 Å². The van der Waals surface area contributed by atoms with Crippen LogP contribution in [0.4, 0.5) is 4.70 Å². The summed E-state index contributed by atoms with van der Waals surface area (Å²) in [6, 6.07) is 0. The van der Waals surface area contributed by atoms with E-state index >= 15 is 0 Å². The van der Waals surface area contributed by atoms with Gasteiger partial charge in [0, 0.05) is 0 Å². The van der Waals surface area contributed by atoms with E-state index in [2.05, 4.69) is 0 Å². The van der Waals surface area contributed by atoms with E-state index in [0.717, 1.165) is 0 Å². The van der Waals surface area contributed by atoms with Crippen LogP contribution in [0.2, 0.25) is 0 Å². The Balaban J connectivity index is 0. The topological polar surface area (TPSA) is 0 Å². The minimum atomic E-state index is 0. The van der Waals surface area contributed by atoms with Gasteiger partial charge in [-0.3, -0.25) is 4.70 Å². The third-order valence-corrected chi connectivity index (χ3v) is 0. The quantitative estimate of drug-likeness (QED) is 0.348. The summed E-state index contributed by atoms with van der Waals surface area (Å²) in [5, 5.41) is 0. The van der Waals surface area contributed by atoms with E-state index < -0.39 is 0 Å². The van der Waals surface area contributed by atoms with E-state index in [9.17, 15) is 0 Å². The standard InChI is InChI=1S/ClH.FH.Mg.Na.3H/h2*1H;;;;;. The van der Waals surface area contributed by atoms with Crippen LogP contribution in [0.5, 0.6) is 0 Å². The van der Waals surface area contributed by atoms with Gasteiger partial charge in [0.1, 0.15) is 0 Å². The van der Waals surface area contributed by atoms with Gasteiger partial charge >= 0.3 is 52.6 Å². The van der Waals surface area contributed by atoms with Crippen molar-refractivity contribution in [3.8, 4) is 0 Å². The first-order valence-electron chi connectivity index (χ1n) is 0. The molecule has 0 saturated heterocycles. The second-order valence-electron chi connectivity index (χ2n) is 0. The maximum atomic E-state index is 0. The van der Waals surface area contributed by atoms with Crippen LogP contribution in [0.25, 0.3) is 0 Å². The number of rotatable bonds is 0. The van der Waals surface area contributed by atoms with Gasteiger partial charge < -0.3 is 0 Å². The van der Waals surface area contributed by atoms with Crippen LogP contribution in [0.1, 0.15) is 0 Å². The first-order valence-corrected chi connectivity index (χ1v) is 0. The summed E-state index contributed by atoms with van der Waals surface area (Å²) in [6.45, 7) is 0. The summed E-state index contributed by atoms with van der Waals surface area (Å²) in [5.74, 6) is 0. The summed E-state index contributed by atoms with van der Waals surface area (Å²) in [5.41, 5.74) is 0. The summed E-state index contributed by atoms with van der Waals surface area (Å²) >= 11 is 0. The van der Waals surface area contributed by atoms with E-state index in [1.807, 2.05) is 0 Å². The van der Waals surface area contributed by atoms with Crippen LogP contribution in [0.15, 0.2) is 0 Å². The molecule has 0 aliphatic heterocycles. The number of halogens is 2. The van der Waals surface area contributed by atoms with Gasteiger partial charge in [0.15, 0.2) is 0 Å². The van der Waals surface area contributed by atoms with Gasteiger partial charge in [-0.05, 0) is 0 Å². The zero-order valence-corrected chi connectivity index (χ0v) is 1.63.